The van der Waals surface area contributed by atoms with Gasteiger partial charge in [0.2, 0.25) is 5.91 Å². The molecule has 14 heavy (non-hydrogen) atoms. The lowest BCUT2D eigenvalue weighted by atomic mass is 10.3. The van der Waals surface area contributed by atoms with Gasteiger partial charge in [-0.25, -0.2) is 0 Å². The minimum Gasteiger partial charge on any atom is -0.322 e. The quantitative estimate of drug-likeness (QED) is 0.656. The van der Waals surface area contributed by atoms with Crippen molar-refractivity contribution >= 4 is 45.8 Å². The number of hydrogen-bond donors (Lipinski definition) is 1. The van der Waals surface area contributed by atoms with Gasteiger partial charge in [0.15, 0.2) is 0 Å². The van der Waals surface area contributed by atoms with E-state index in [2.05, 4.69) is 27.9 Å². The summed E-state index contributed by atoms with van der Waals surface area (Å²) >= 11 is 7.91. The van der Waals surface area contributed by atoms with Crippen molar-refractivity contribution < 1.29 is 4.79 Å². The second-order valence-corrected chi connectivity index (χ2v) is 4.21. The maximum Gasteiger partial charge on any atom is 0.248 e. The molecule has 0 unspecified atom stereocenters. The lowest BCUT2D eigenvalue weighted by Crippen LogP contribution is -2.08. The highest BCUT2D eigenvalue weighted by molar-refractivity contribution is 14.1. The van der Waals surface area contributed by atoms with E-state index in [1.165, 1.54) is 6.08 Å². The lowest BCUT2D eigenvalue weighted by Gasteiger charge is -2.04. The molecule has 0 radical (unpaired) electrons. The normalized spacial score (nSPS) is 10.5. The van der Waals surface area contributed by atoms with Gasteiger partial charge in [0.25, 0.3) is 0 Å². The minimum absolute atomic E-state index is 0.132. The Labute approximate surface area is 101 Å². The van der Waals surface area contributed by atoms with Crippen molar-refractivity contribution in [1.82, 2.24) is 0 Å². The van der Waals surface area contributed by atoms with Crippen LogP contribution in [0.15, 0.2) is 30.4 Å². The maximum atomic E-state index is 11.2. The first kappa shape index (κ1) is 11.5. The zero-order chi connectivity index (χ0) is 10.6. The van der Waals surface area contributed by atoms with Gasteiger partial charge in [-0.1, -0.05) is 17.7 Å². The predicted molar refractivity (Wildman–Crippen MR) is 67.6 cm³/mol. The third kappa shape index (κ3) is 3.31. The highest BCUT2D eigenvalue weighted by atomic mass is 127. The Hall–Kier alpha value is -0.550. The molecular formula is C10H9ClINO. The molecule has 1 aromatic carbocycles. The van der Waals surface area contributed by atoms with Crippen LogP contribution in [0.4, 0.5) is 5.69 Å². The van der Waals surface area contributed by atoms with Crippen LogP contribution in [-0.4, -0.2) is 5.91 Å². The van der Waals surface area contributed by atoms with Crippen LogP contribution in [0.25, 0.3) is 0 Å². The zero-order valence-corrected chi connectivity index (χ0v) is 10.5. The largest absolute Gasteiger partial charge is 0.322 e. The van der Waals surface area contributed by atoms with Gasteiger partial charge in [-0.2, -0.15) is 0 Å². The molecule has 0 heterocycles. The van der Waals surface area contributed by atoms with Crippen molar-refractivity contribution in [2.24, 2.45) is 0 Å². The van der Waals surface area contributed by atoms with Gasteiger partial charge in [-0.15, -0.1) is 0 Å². The third-order valence-electron chi connectivity index (χ3n) is 1.51. The first-order valence-electron chi connectivity index (χ1n) is 4.02. The first-order chi connectivity index (χ1) is 6.63. The van der Waals surface area contributed by atoms with Crippen LogP contribution in [0, 0.1) is 3.57 Å². The summed E-state index contributed by atoms with van der Waals surface area (Å²) in [4.78, 5) is 11.2. The molecule has 0 aromatic heterocycles. The molecule has 0 aliphatic heterocycles. The van der Waals surface area contributed by atoms with E-state index < -0.39 is 0 Å². The van der Waals surface area contributed by atoms with Gasteiger partial charge in [-0.05, 0) is 53.8 Å². The molecule has 1 aromatic rings. The standard InChI is InChI=1S/C10H9ClINO/c1-2-3-10(14)13-9-5-4-7(11)6-8(9)12/h2-6H,1H3,(H,13,14)/b3-2+. The average molecular weight is 322 g/mol. The van der Waals surface area contributed by atoms with Crippen molar-refractivity contribution in [2.45, 2.75) is 6.92 Å². The van der Waals surface area contributed by atoms with Crippen LogP contribution in [0.3, 0.4) is 0 Å². The van der Waals surface area contributed by atoms with E-state index in [4.69, 9.17) is 11.6 Å². The number of rotatable bonds is 2. The topological polar surface area (TPSA) is 29.1 Å². The van der Waals surface area contributed by atoms with E-state index in [-0.39, 0.29) is 5.91 Å². The number of carbonyl (C=O) groups is 1. The number of hydrogen-bond acceptors (Lipinski definition) is 1. The molecule has 74 valence electrons. The summed E-state index contributed by atoms with van der Waals surface area (Å²) in [5.41, 5.74) is 0.776. The summed E-state index contributed by atoms with van der Waals surface area (Å²) in [6, 6.07) is 5.33. The van der Waals surface area contributed by atoms with Crippen LogP contribution >= 0.6 is 34.2 Å². The molecule has 4 heteroatoms. The Morgan fingerprint density at radius 3 is 2.86 bits per heavy atom. The molecule has 0 aliphatic rings. The number of halogens is 2. The molecular weight excluding hydrogens is 312 g/mol. The molecule has 0 atom stereocenters. The second-order valence-electron chi connectivity index (χ2n) is 2.61. The summed E-state index contributed by atoms with van der Waals surface area (Å²) in [5, 5.41) is 3.41. The Morgan fingerprint density at radius 1 is 1.57 bits per heavy atom. The summed E-state index contributed by atoms with van der Waals surface area (Å²) in [6.45, 7) is 1.80. The van der Waals surface area contributed by atoms with Crippen LogP contribution in [0.5, 0.6) is 0 Å². The van der Waals surface area contributed by atoms with Gasteiger partial charge in [0.1, 0.15) is 0 Å². The third-order valence-corrected chi connectivity index (χ3v) is 2.63. The highest BCUT2D eigenvalue weighted by Crippen LogP contribution is 2.22. The molecule has 0 fully saturated rings. The number of amides is 1. The molecule has 0 saturated heterocycles. The van der Waals surface area contributed by atoms with Gasteiger partial charge < -0.3 is 5.32 Å². The molecule has 0 saturated carbocycles. The smallest absolute Gasteiger partial charge is 0.248 e. The van der Waals surface area contributed by atoms with Gasteiger partial charge in [0, 0.05) is 8.59 Å². The van der Waals surface area contributed by atoms with Gasteiger partial charge in [0.05, 0.1) is 5.69 Å². The SMILES string of the molecule is C/C=C/C(=O)Nc1ccc(Cl)cc1I. The van der Waals surface area contributed by atoms with E-state index in [0.717, 1.165) is 9.26 Å². The van der Waals surface area contributed by atoms with E-state index in [9.17, 15) is 4.79 Å². The molecule has 0 bridgehead atoms. The monoisotopic (exact) mass is 321 g/mol. The molecule has 1 rings (SSSR count). The van der Waals surface area contributed by atoms with Crippen LogP contribution in [0.1, 0.15) is 6.92 Å². The number of benzene rings is 1. The summed E-state index contributed by atoms with van der Waals surface area (Å²) in [6.07, 6.45) is 3.17. The van der Waals surface area contributed by atoms with E-state index in [1.807, 2.05) is 0 Å². The Kier molecular flexibility index (Phi) is 4.41. The van der Waals surface area contributed by atoms with E-state index in [0.29, 0.717) is 5.02 Å². The molecule has 0 spiro atoms. The number of allylic oxidation sites excluding steroid dienone is 1. The van der Waals surface area contributed by atoms with Crippen molar-refractivity contribution in [3.8, 4) is 0 Å². The molecule has 0 aliphatic carbocycles. The lowest BCUT2D eigenvalue weighted by molar-refractivity contribution is -0.111. The summed E-state index contributed by atoms with van der Waals surface area (Å²) < 4.78 is 0.924. The Morgan fingerprint density at radius 2 is 2.29 bits per heavy atom. The van der Waals surface area contributed by atoms with Gasteiger partial charge >= 0.3 is 0 Å². The summed E-state index contributed by atoms with van der Waals surface area (Å²) in [7, 11) is 0. The summed E-state index contributed by atoms with van der Waals surface area (Å²) in [5.74, 6) is -0.132. The zero-order valence-electron chi connectivity index (χ0n) is 7.55. The highest BCUT2D eigenvalue weighted by Gasteiger charge is 2.02. The van der Waals surface area contributed by atoms with Gasteiger partial charge in [-0.3, -0.25) is 4.79 Å². The fourth-order valence-corrected chi connectivity index (χ4v) is 1.92. The van der Waals surface area contributed by atoms with E-state index >= 15 is 0 Å². The number of anilines is 1. The number of carbonyl (C=O) groups excluding carboxylic acids is 1. The van der Waals surface area contributed by atoms with Crippen molar-refractivity contribution in [3.63, 3.8) is 0 Å². The van der Waals surface area contributed by atoms with Crippen molar-refractivity contribution in [3.05, 3.63) is 38.9 Å². The van der Waals surface area contributed by atoms with Crippen LogP contribution in [-0.2, 0) is 4.79 Å². The predicted octanol–water partition coefficient (Wildman–Crippen LogP) is 3.46. The molecule has 2 nitrogen and oxygen atoms in total. The molecule has 1 N–H and O–H groups in total. The Balaban J connectivity index is 2.82. The van der Waals surface area contributed by atoms with Crippen molar-refractivity contribution in [1.29, 1.82) is 0 Å². The fourth-order valence-electron chi connectivity index (χ4n) is 0.917. The minimum atomic E-state index is -0.132. The van der Waals surface area contributed by atoms with Crippen LogP contribution < -0.4 is 5.32 Å². The second kappa shape index (κ2) is 5.36. The average Bonchev–Trinajstić information content (AvgIpc) is 2.10. The van der Waals surface area contributed by atoms with Crippen LogP contribution in [0.2, 0.25) is 5.02 Å². The Bertz CT molecular complexity index is 376. The van der Waals surface area contributed by atoms with E-state index in [1.54, 1.807) is 31.2 Å². The van der Waals surface area contributed by atoms with Crippen molar-refractivity contribution in [2.75, 3.05) is 5.32 Å². The molecule has 1 amide bonds. The first-order valence-corrected chi connectivity index (χ1v) is 5.48. The maximum absolute atomic E-state index is 11.2. The fraction of sp³-hybridized carbons (Fsp3) is 0.100. The number of nitrogens with one attached hydrogen (secondary N) is 1.